The Labute approximate surface area is 204 Å². The second-order valence-corrected chi connectivity index (χ2v) is 10.3. The van der Waals surface area contributed by atoms with Crippen LogP contribution in [0.3, 0.4) is 0 Å². The number of rotatable bonds is 0. The van der Waals surface area contributed by atoms with E-state index in [-0.39, 0.29) is 16.3 Å². The highest BCUT2D eigenvalue weighted by Crippen LogP contribution is 2.58. The highest BCUT2D eigenvalue weighted by atomic mass is 32.2. The van der Waals surface area contributed by atoms with Crippen molar-refractivity contribution in [3.8, 4) is 0 Å². The van der Waals surface area contributed by atoms with Crippen LogP contribution in [0.4, 0.5) is 0 Å². The van der Waals surface area contributed by atoms with Crippen LogP contribution in [0, 0.1) is 0 Å². The Kier molecular flexibility index (Phi) is 3.80. The predicted octanol–water partition coefficient (Wildman–Crippen LogP) is 6.46. The van der Waals surface area contributed by atoms with Crippen LogP contribution in [0.15, 0.2) is 60.7 Å². The molecule has 3 aromatic heterocycles. The van der Waals surface area contributed by atoms with Crippen molar-refractivity contribution in [2.45, 2.75) is 11.2 Å². The zero-order valence-corrected chi connectivity index (χ0v) is 19.3. The minimum Gasteiger partial charge on any atom is -0.355 e. The average Bonchev–Trinajstić information content (AvgIpc) is 3.65. The number of carbonyl (C=O) groups is 1. The van der Waals surface area contributed by atoms with E-state index in [2.05, 4.69) is 40.3 Å². The van der Waals surface area contributed by atoms with E-state index in [0.717, 1.165) is 56.0 Å². The van der Waals surface area contributed by atoms with E-state index in [1.165, 1.54) is 22.9 Å². The van der Waals surface area contributed by atoms with Gasteiger partial charge in [-0.1, -0.05) is 36.0 Å². The predicted molar refractivity (Wildman–Crippen MR) is 142 cm³/mol. The Balaban J connectivity index is 1.50. The Morgan fingerprint density at radius 3 is 1.89 bits per heavy atom. The van der Waals surface area contributed by atoms with Crippen molar-refractivity contribution >= 4 is 63.2 Å². The van der Waals surface area contributed by atoms with Gasteiger partial charge in [0.05, 0.1) is 33.9 Å². The molecule has 2 N–H and O–H groups in total. The summed E-state index contributed by atoms with van der Waals surface area (Å²) in [7, 11) is 0. The maximum atomic E-state index is 13.2. The number of fused-ring (bicyclic) bond motifs is 9. The first-order chi connectivity index (χ1) is 17.2. The van der Waals surface area contributed by atoms with E-state index >= 15 is 0 Å². The van der Waals surface area contributed by atoms with Gasteiger partial charge in [0.2, 0.25) is 5.12 Å². The van der Waals surface area contributed by atoms with Crippen LogP contribution >= 0.6 is 11.8 Å². The summed E-state index contributed by atoms with van der Waals surface area (Å²) < 4.78 is 0. The molecule has 4 aliphatic heterocycles. The Hall–Kier alpha value is -4.16. The normalized spacial score (nSPS) is 19.1. The molecule has 1 aromatic carbocycles. The molecule has 0 saturated heterocycles. The van der Waals surface area contributed by atoms with Gasteiger partial charge >= 0.3 is 0 Å². The lowest BCUT2D eigenvalue weighted by Gasteiger charge is -2.36. The molecule has 6 heteroatoms. The smallest absolute Gasteiger partial charge is 0.201 e. The third-order valence-corrected chi connectivity index (χ3v) is 8.23. The van der Waals surface area contributed by atoms with Gasteiger partial charge in [-0.05, 0) is 83.0 Å². The zero-order chi connectivity index (χ0) is 23.1. The second kappa shape index (κ2) is 6.93. The molecule has 1 aliphatic carbocycles. The fraction of sp³-hybridized carbons (Fsp3) is 0.0690. The lowest BCUT2D eigenvalue weighted by atomic mass is 9.78. The number of aromatic amines is 2. The molecule has 10 bridgehead atoms. The van der Waals surface area contributed by atoms with Gasteiger partial charge in [-0.3, -0.25) is 4.79 Å². The van der Waals surface area contributed by atoms with Crippen LogP contribution in [-0.4, -0.2) is 25.1 Å². The molecule has 0 amide bonds. The molecular weight excluding hydrogens is 452 g/mol. The topological polar surface area (TPSA) is 74.4 Å². The number of benzene rings is 1. The van der Waals surface area contributed by atoms with Crippen LogP contribution in [0.2, 0.25) is 0 Å². The highest BCUT2D eigenvalue weighted by molar-refractivity contribution is 8.14. The van der Waals surface area contributed by atoms with Crippen molar-refractivity contribution in [1.82, 2.24) is 19.9 Å². The highest BCUT2D eigenvalue weighted by Gasteiger charge is 2.45. The summed E-state index contributed by atoms with van der Waals surface area (Å²) in [6.07, 6.45) is 8.10. The van der Waals surface area contributed by atoms with Crippen molar-refractivity contribution in [1.29, 1.82) is 0 Å². The first kappa shape index (κ1) is 19.2. The molecule has 5 aliphatic rings. The molecule has 7 heterocycles. The molecule has 166 valence electrons. The lowest BCUT2D eigenvalue weighted by molar-refractivity contribution is -0.111. The largest absolute Gasteiger partial charge is 0.355 e. The maximum Gasteiger partial charge on any atom is 0.201 e. The number of H-pyrrole nitrogens is 2. The first-order valence-corrected chi connectivity index (χ1v) is 12.5. The number of hydrogen-bond donors (Lipinski definition) is 2. The summed E-state index contributed by atoms with van der Waals surface area (Å²) in [5, 5.41) is 0.183. The van der Waals surface area contributed by atoms with E-state index in [0.29, 0.717) is 0 Å². The standard InChI is InChI=1S/C29H18N4OS/c34-29-25-21-3-1-2-4-22(21)28(35-29)27-24-14-20-10-8-18(32-20)12-16-6-5-15(30-16)11-17-7-9-19(31-17)13-23(33-24)26(25)27/h1-14,25,28,30,33H. The fourth-order valence-corrected chi connectivity index (χ4v) is 6.92. The van der Waals surface area contributed by atoms with E-state index in [1.54, 1.807) is 0 Å². The summed E-state index contributed by atoms with van der Waals surface area (Å²) in [6.45, 7) is 0. The number of thioether (sulfide) groups is 1. The lowest BCUT2D eigenvalue weighted by Crippen LogP contribution is -2.27. The minimum absolute atomic E-state index is 0.0278. The van der Waals surface area contributed by atoms with E-state index in [1.807, 2.05) is 54.6 Å². The number of nitrogens with one attached hydrogen (secondary N) is 2. The third kappa shape index (κ3) is 2.87. The van der Waals surface area contributed by atoms with E-state index in [4.69, 9.17) is 9.97 Å². The first-order valence-electron chi connectivity index (χ1n) is 11.6. The van der Waals surface area contributed by atoms with Crippen molar-refractivity contribution in [3.05, 3.63) is 106 Å². The van der Waals surface area contributed by atoms with Gasteiger partial charge in [0, 0.05) is 22.1 Å². The molecule has 5 nitrogen and oxygen atoms in total. The summed E-state index contributed by atoms with van der Waals surface area (Å²) >= 11 is 1.44. The third-order valence-electron chi connectivity index (χ3n) is 7.04. The summed E-state index contributed by atoms with van der Waals surface area (Å²) in [5.41, 5.74) is 12.1. The molecular formula is C29H18N4OS. The number of aromatic nitrogens is 4. The Morgan fingerprint density at radius 2 is 1.23 bits per heavy atom. The second-order valence-electron chi connectivity index (χ2n) is 9.19. The molecule has 0 radical (unpaired) electrons. The fourth-order valence-electron chi connectivity index (χ4n) is 5.59. The van der Waals surface area contributed by atoms with Crippen LogP contribution in [0.1, 0.15) is 56.2 Å². The molecule has 2 atom stereocenters. The monoisotopic (exact) mass is 470 g/mol. The zero-order valence-electron chi connectivity index (χ0n) is 18.4. The van der Waals surface area contributed by atoms with E-state index < -0.39 is 0 Å². The van der Waals surface area contributed by atoms with Crippen molar-refractivity contribution < 1.29 is 4.79 Å². The molecule has 9 rings (SSSR count). The Bertz CT molecular complexity index is 1820. The van der Waals surface area contributed by atoms with Crippen LogP contribution in [0.5, 0.6) is 0 Å². The van der Waals surface area contributed by atoms with Gasteiger partial charge in [-0.25, -0.2) is 9.97 Å². The minimum atomic E-state index is -0.280. The van der Waals surface area contributed by atoms with Gasteiger partial charge in [-0.15, -0.1) is 0 Å². The van der Waals surface area contributed by atoms with Crippen LogP contribution < -0.4 is 0 Å². The summed E-state index contributed by atoms with van der Waals surface area (Å²) in [5.74, 6) is -0.280. The Morgan fingerprint density at radius 1 is 0.657 bits per heavy atom. The molecule has 0 fully saturated rings. The molecule has 35 heavy (non-hydrogen) atoms. The average molecular weight is 471 g/mol. The molecule has 0 saturated carbocycles. The van der Waals surface area contributed by atoms with Crippen LogP contribution in [0.25, 0.3) is 46.4 Å². The quantitative estimate of drug-likeness (QED) is 0.267. The van der Waals surface area contributed by atoms with Crippen LogP contribution in [-0.2, 0) is 4.79 Å². The maximum absolute atomic E-state index is 13.2. The number of hydrogen-bond acceptors (Lipinski definition) is 4. The van der Waals surface area contributed by atoms with Gasteiger partial charge < -0.3 is 9.97 Å². The van der Waals surface area contributed by atoms with Gasteiger partial charge in [0.25, 0.3) is 0 Å². The molecule has 4 aromatic rings. The molecule has 0 spiro atoms. The van der Waals surface area contributed by atoms with Crippen molar-refractivity contribution in [2.75, 3.05) is 0 Å². The van der Waals surface area contributed by atoms with Gasteiger partial charge in [0.1, 0.15) is 0 Å². The number of nitrogens with zero attached hydrogens (tertiary/aromatic N) is 2. The molecule has 2 unspecified atom stereocenters. The SMILES string of the molecule is O=C1SC2c3ccccc3C1c1c2c2cc3nc(cc4ccc(cc5nc(cc1[nH]2)C=C5)[nH]4)C=C3. The van der Waals surface area contributed by atoms with E-state index in [9.17, 15) is 4.79 Å². The summed E-state index contributed by atoms with van der Waals surface area (Å²) in [4.78, 5) is 29.9. The van der Waals surface area contributed by atoms with Gasteiger partial charge in [-0.2, -0.15) is 0 Å². The van der Waals surface area contributed by atoms with Gasteiger partial charge in [0.15, 0.2) is 0 Å². The van der Waals surface area contributed by atoms with Crippen molar-refractivity contribution in [3.63, 3.8) is 0 Å². The number of carbonyl (C=O) groups excluding carboxylic acids is 1. The summed E-state index contributed by atoms with van der Waals surface area (Å²) in [6, 6.07) is 20.7. The van der Waals surface area contributed by atoms with Crippen molar-refractivity contribution in [2.24, 2.45) is 0 Å².